The predicted molar refractivity (Wildman–Crippen MR) is 144 cm³/mol. The number of ether oxygens (including phenoxy) is 2. The zero-order valence-corrected chi connectivity index (χ0v) is 23.5. The van der Waals surface area contributed by atoms with Crippen molar-refractivity contribution in [1.82, 2.24) is 29.5 Å². The lowest BCUT2D eigenvalue weighted by molar-refractivity contribution is -0.141. The highest BCUT2D eigenvalue weighted by molar-refractivity contribution is 7.98. The molecule has 0 radical (unpaired) electrons. The number of benzene rings is 1. The van der Waals surface area contributed by atoms with Crippen molar-refractivity contribution in [2.24, 2.45) is 0 Å². The number of carbonyl (C=O) groups excluding carboxylic acids is 1. The maximum atomic E-state index is 13.4. The third-order valence-corrected chi connectivity index (χ3v) is 6.62. The van der Waals surface area contributed by atoms with E-state index in [1.165, 1.54) is 32.7 Å². The number of hydrogen-bond donors (Lipinski definition) is 2. The summed E-state index contributed by atoms with van der Waals surface area (Å²) < 4.78 is 76.7. The molecule has 0 aliphatic heterocycles. The highest BCUT2D eigenvalue weighted by Gasteiger charge is 2.34. The predicted octanol–water partition coefficient (Wildman–Crippen LogP) is 3.92. The van der Waals surface area contributed by atoms with Crippen LogP contribution in [0, 0.1) is 0 Å². The van der Waals surface area contributed by atoms with Crippen molar-refractivity contribution in [2.75, 3.05) is 32.0 Å². The van der Waals surface area contributed by atoms with Crippen molar-refractivity contribution in [2.45, 2.75) is 11.2 Å². The second kappa shape index (κ2) is 11.6. The third kappa shape index (κ3) is 7.04. The number of nitrogens with zero attached hydrogens (tertiary/aromatic N) is 5. The quantitative estimate of drug-likeness (QED) is 0.266. The summed E-state index contributed by atoms with van der Waals surface area (Å²) in [4.78, 5) is 25.6. The fourth-order valence-corrected chi connectivity index (χ4v) is 4.54. The van der Waals surface area contributed by atoms with Crippen LogP contribution < -0.4 is 19.5 Å². The Labute approximate surface area is 236 Å². The van der Waals surface area contributed by atoms with Crippen LogP contribution in [0.3, 0.4) is 0 Å². The Hall–Kier alpha value is -4.38. The molecule has 216 valence electrons. The molecule has 0 atom stereocenters. The van der Waals surface area contributed by atoms with E-state index in [0.717, 1.165) is 35.0 Å². The minimum atomic E-state index is -4.71. The lowest BCUT2D eigenvalue weighted by Gasteiger charge is -2.14. The fraction of sp³-hybridized carbons (Fsp3) is 0.208. The molecule has 4 aromatic rings. The van der Waals surface area contributed by atoms with Gasteiger partial charge in [-0.15, -0.1) is 11.8 Å². The normalized spacial score (nSPS) is 11.7. The number of pyridine rings is 1. The first kappa shape index (κ1) is 29.6. The molecule has 0 fully saturated rings. The molecular weight excluding hydrogens is 587 g/mol. The monoisotopic (exact) mass is 609 g/mol. The number of hydrogen-bond acceptors (Lipinski definition) is 11. The molecule has 0 saturated heterocycles. The van der Waals surface area contributed by atoms with E-state index in [2.05, 4.69) is 25.4 Å². The van der Waals surface area contributed by atoms with E-state index < -0.39 is 27.8 Å². The van der Waals surface area contributed by atoms with Gasteiger partial charge in [0.05, 0.1) is 26.0 Å². The number of halogens is 3. The van der Waals surface area contributed by atoms with E-state index in [0.29, 0.717) is 17.2 Å². The molecule has 0 unspecified atom stereocenters. The van der Waals surface area contributed by atoms with E-state index in [1.807, 2.05) is 4.72 Å². The SMILES string of the molecule is COc1cc(Nc2ncc(-c3cnc(SC)c(C(=O)NS(C)(=O)=O)c3)c(-n3ccc(C(F)(F)F)n3)n2)cc(OC)c1. The summed E-state index contributed by atoms with van der Waals surface area (Å²) in [6, 6.07) is 7.03. The average Bonchev–Trinajstić information content (AvgIpc) is 3.43. The molecule has 4 rings (SSSR count). The minimum absolute atomic E-state index is 0.00755. The Bertz CT molecular complexity index is 1690. The molecule has 3 aromatic heterocycles. The molecule has 0 aliphatic carbocycles. The van der Waals surface area contributed by atoms with Crippen molar-refractivity contribution >= 4 is 39.3 Å². The summed E-state index contributed by atoms with van der Waals surface area (Å²) >= 11 is 1.10. The van der Waals surface area contributed by atoms with Crippen LogP contribution in [-0.2, 0) is 16.2 Å². The van der Waals surface area contributed by atoms with Crippen molar-refractivity contribution in [3.8, 4) is 28.4 Å². The Kier molecular flexibility index (Phi) is 8.39. The number of thioether (sulfide) groups is 1. The van der Waals surface area contributed by atoms with Crippen molar-refractivity contribution in [3.05, 3.63) is 60.2 Å². The summed E-state index contributed by atoms with van der Waals surface area (Å²) in [5, 5.41) is 6.81. The molecule has 41 heavy (non-hydrogen) atoms. The summed E-state index contributed by atoms with van der Waals surface area (Å²) in [5.74, 6) is -0.0962. The molecule has 17 heteroatoms. The van der Waals surface area contributed by atoms with Gasteiger partial charge in [-0.1, -0.05) is 0 Å². The van der Waals surface area contributed by atoms with Gasteiger partial charge in [0.2, 0.25) is 16.0 Å². The Balaban J connectivity index is 1.85. The van der Waals surface area contributed by atoms with Gasteiger partial charge in [0.15, 0.2) is 11.5 Å². The van der Waals surface area contributed by atoms with Gasteiger partial charge < -0.3 is 14.8 Å². The van der Waals surface area contributed by atoms with Crippen LogP contribution in [0.5, 0.6) is 11.5 Å². The molecule has 2 N–H and O–H groups in total. The molecule has 0 aliphatic rings. The van der Waals surface area contributed by atoms with Crippen molar-refractivity contribution < 1.29 is 35.9 Å². The zero-order valence-electron chi connectivity index (χ0n) is 21.8. The highest BCUT2D eigenvalue weighted by atomic mass is 32.2. The molecule has 3 heterocycles. The number of anilines is 2. The number of methoxy groups -OCH3 is 2. The number of alkyl halides is 3. The molecule has 1 aromatic carbocycles. The molecule has 0 spiro atoms. The van der Waals surface area contributed by atoms with Crippen LogP contribution in [0.2, 0.25) is 0 Å². The highest BCUT2D eigenvalue weighted by Crippen LogP contribution is 2.33. The summed E-state index contributed by atoms with van der Waals surface area (Å²) in [7, 11) is -0.948. The molecule has 1 amide bonds. The van der Waals surface area contributed by atoms with E-state index >= 15 is 0 Å². The van der Waals surface area contributed by atoms with Gasteiger partial charge >= 0.3 is 6.18 Å². The smallest absolute Gasteiger partial charge is 0.435 e. The van der Waals surface area contributed by atoms with Gasteiger partial charge in [0, 0.05) is 53.6 Å². The van der Waals surface area contributed by atoms with E-state index in [9.17, 15) is 26.4 Å². The maximum Gasteiger partial charge on any atom is 0.435 e. The Morgan fingerprint density at radius 3 is 2.29 bits per heavy atom. The van der Waals surface area contributed by atoms with Crippen LogP contribution in [0.25, 0.3) is 16.9 Å². The summed E-state index contributed by atoms with van der Waals surface area (Å²) in [6.45, 7) is 0. The van der Waals surface area contributed by atoms with Gasteiger partial charge in [-0.05, 0) is 18.4 Å². The number of carbonyl (C=O) groups is 1. The third-order valence-electron chi connectivity index (χ3n) is 5.35. The first-order valence-electron chi connectivity index (χ1n) is 11.4. The standard InChI is InChI=1S/C24H22F3N7O5S2/c1-38-15-8-14(9-16(10-15)39-2)30-23-29-12-18(20(31-23)34-6-5-19(32-34)24(25,26)27)13-7-17(22(40-3)28-11-13)21(35)33-41(4,36)37/h5-12H,1-4H3,(H,33,35)(H,29,30,31). The van der Waals surface area contributed by atoms with E-state index in [-0.39, 0.29) is 33.5 Å². The van der Waals surface area contributed by atoms with Gasteiger partial charge in [-0.3, -0.25) is 4.79 Å². The first-order valence-corrected chi connectivity index (χ1v) is 14.5. The topological polar surface area (TPSA) is 150 Å². The van der Waals surface area contributed by atoms with Gasteiger partial charge in [0.1, 0.15) is 16.5 Å². The lowest BCUT2D eigenvalue weighted by Crippen LogP contribution is -2.30. The number of nitrogens with one attached hydrogen (secondary N) is 2. The van der Waals surface area contributed by atoms with E-state index in [1.54, 1.807) is 24.5 Å². The molecule has 12 nitrogen and oxygen atoms in total. The second-order valence-corrected chi connectivity index (χ2v) is 10.8. The number of amides is 1. The number of sulfonamides is 1. The first-order chi connectivity index (χ1) is 19.3. The van der Waals surface area contributed by atoms with Crippen LogP contribution in [0.15, 0.2) is 53.9 Å². The van der Waals surface area contributed by atoms with Gasteiger partial charge in [-0.2, -0.15) is 23.3 Å². The zero-order chi connectivity index (χ0) is 29.9. The van der Waals surface area contributed by atoms with Crippen molar-refractivity contribution in [3.63, 3.8) is 0 Å². The van der Waals surface area contributed by atoms with Crippen LogP contribution in [-0.4, -0.2) is 65.8 Å². The molecular formula is C24H22F3N7O5S2. The molecule has 0 bridgehead atoms. The van der Waals surface area contributed by atoms with Crippen LogP contribution >= 0.6 is 11.8 Å². The maximum absolute atomic E-state index is 13.4. The number of rotatable bonds is 9. The Morgan fingerprint density at radius 2 is 1.73 bits per heavy atom. The minimum Gasteiger partial charge on any atom is -0.497 e. The summed E-state index contributed by atoms with van der Waals surface area (Å²) in [6.07, 6.45) is 1.50. The lowest BCUT2D eigenvalue weighted by atomic mass is 10.1. The van der Waals surface area contributed by atoms with Gasteiger partial charge in [0.25, 0.3) is 5.91 Å². The van der Waals surface area contributed by atoms with E-state index in [4.69, 9.17) is 9.47 Å². The largest absolute Gasteiger partial charge is 0.497 e. The van der Waals surface area contributed by atoms with Crippen LogP contribution in [0.1, 0.15) is 16.1 Å². The summed E-state index contributed by atoms with van der Waals surface area (Å²) in [5.41, 5.74) is -0.395. The second-order valence-electron chi connectivity index (χ2n) is 8.28. The molecule has 0 saturated carbocycles. The Morgan fingerprint density at radius 1 is 1.05 bits per heavy atom. The fourth-order valence-electron chi connectivity index (χ4n) is 3.56. The number of aromatic nitrogens is 5. The van der Waals surface area contributed by atoms with Crippen LogP contribution in [0.4, 0.5) is 24.8 Å². The average molecular weight is 610 g/mol. The van der Waals surface area contributed by atoms with Crippen molar-refractivity contribution in [1.29, 1.82) is 0 Å². The van der Waals surface area contributed by atoms with Gasteiger partial charge in [-0.25, -0.2) is 27.8 Å².